The monoisotopic (exact) mass is 438 g/mol. The molecule has 4 aromatic rings. The highest BCUT2D eigenvalue weighted by atomic mass is 31.2. The average Bonchev–Trinajstić information content (AvgIpc) is 2.83. The highest BCUT2D eigenvalue weighted by Crippen LogP contribution is 2.57. The Bertz CT molecular complexity index is 1290. The fraction of sp³-hybridized carbons (Fsp3) is 0.138. The van der Waals surface area contributed by atoms with Gasteiger partial charge in [-0.15, -0.1) is 0 Å². The van der Waals surface area contributed by atoms with E-state index in [9.17, 15) is 9.36 Å². The third-order valence-electron chi connectivity index (χ3n) is 5.81. The molecule has 0 heterocycles. The van der Waals surface area contributed by atoms with E-state index in [1.54, 1.807) is 0 Å². The second-order valence-electron chi connectivity index (χ2n) is 8.87. The van der Waals surface area contributed by atoms with Gasteiger partial charge in [0.15, 0.2) is 5.78 Å². The van der Waals surface area contributed by atoms with E-state index < -0.39 is 12.3 Å². The Labute approximate surface area is 190 Å². The topological polar surface area (TPSA) is 34.1 Å². The van der Waals surface area contributed by atoms with E-state index >= 15 is 0 Å². The zero-order valence-corrected chi connectivity index (χ0v) is 19.6. The molecule has 0 saturated carbocycles. The van der Waals surface area contributed by atoms with Crippen LogP contribution in [0.4, 0.5) is 0 Å². The number of carbonyl (C=O) groups is 1. The molecule has 0 N–H and O–H groups in total. The van der Waals surface area contributed by atoms with E-state index in [4.69, 9.17) is 0 Å². The molecule has 0 aromatic heterocycles. The predicted molar refractivity (Wildman–Crippen MR) is 135 cm³/mol. The smallest absolute Gasteiger partial charge is 0.193 e. The normalized spacial score (nSPS) is 13.3. The predicted octanol–water partition coefficient (Wildman–Crippen LogP) is 6.70. The van der Waals surface area contributed by atoms with E-state index in [0.29, 0.717) is 11.1 Å². The lowest BCUT2D eigenvalue weighted by atomic mass is 9.94. The first-order valence-corrected chi connectivity index (χ1v) is 12.5. The third kappa shape index (κ3) is 3.87. The summed E-state index contributed by atoms with van der Waals surface area (Å²) in [6.45, 7) is 6.08. The summed E-state index contributed by atoms with van der Waals surface area (Å²) in [4.78, 5) is 13.4. The number of benzene rings is 4. The highest BCUT2D eigenvalue weighted by molar-refractivity contribution is 7.80. The molecule has 4 rings (SSSR count). The first-order chi connectivity index (χ1) is 15.3. The summed E-state index contributed by atoms with van der Waals surface area (Å²) in [5.41, 5.74) is 2.89. The summed E-state index contributed by atoms with van der Waals surface area (Å²) in [6.07, 6.45) is 0. The number of ketones is 1. The molecule has 0 fully saturated rings. The van der Waals surface area contributed by atoms with Crippen LogP contribution < -0.4 is 10.6 Å². The van der Waals surface area contributed by atoms with Gasteiger partial charge in [0.05, 0.1) is 0 Å². The molecule has 4 aromatic carbocycles. The molecule has 0 aliphatic rings. The largest absolute Gasteiger partial charge is 0.313 e. The molecule has 0 aliphatic carbocycles. The van der Waals surface area contributed by atoms with Crippen molar-refractivity contribution in [2.24, 2.45) is 0 Å². The minimum Gasteiger partial charge on any atom is -0.313 e. The van der Waals surface area contributed by atoms with Gasteiger partial charge in [-0.25, -0.2) is 0 Å². The number of carbonyl (C=O) groups excluding carboxylic acids is 1. The van der Waals surface area contributed by atoms with E-state index in [0.717, 1.165) is 21.7 Å². The van der Waals surface area contributed by atoms with Crippen molar-refractivity contribution in [2.75, 3.05) is 0 Å². The SMILES string of the molecule is CC(C)(C)P(=O)(c1ccccc1)c1ccccc1-c1ccccc1C(=O)c1ccccc1. The van der Waals surface area contributed by atoms with E-state index in [1.165, 1.54) is 0 Å². The molecule has 32 heavy (non-hydrogen) atoms. The lowest BCUT2D eigenvalue weighted by Gasteiger charge is -2.33. The van der Waals surface area contributed by atoms with Crippen molar-refractivity contribution in [3.8, 4) is 11.1 Å². The van der Waals surface area contributed by atoms with Crippen molar-refractivity contribution in [2.45, 2.75) is 25.9 Å². The first kappa shape index (κ1) is 22.0. The van der Waals surface area contributed by atoms with Gasteiger partial charge in [-0.2, -0.15) is 0 Å². The number of hydrogen-bond donors (Lipinski definition) is 0. The lowest BCUT2D eigenvalue weighted by Crippen LogP contribution is -2.31. The molecule has 0 amide bonds. The van der Waals surface area contributed by atoms with Crippen LogP contribution in [0.5, 0.6) is 0 Å². The molecule has 2 nitrogen and oxygen atoms in total. The van der Waals surface area contributed by atoms with Gasteiger partial charge in [-0.3, -0.25) is 4.79 Å². The second-order valence-corrected chi connectivity index (χ2v) is 12.4. The van der Waals surface area contributed by atoms with Gasteiger partial charge in [-0.1, -0.05) is 130 Å². The average molecular weight is 439 g/mol. The Kier molecular flexibility index (Phi) is 6.00. The fourth-order valence-electron chi connectivity index (χ4n) is 4.16. The standard InChI is InChI=1S/C29H27O2P/c1-29(2,3)32(31,23-16-8-5-9-17-23)27-21-13-12-19-25(27)24-18-10-11-20-26(24)28(30)22-14-6-4-7-15-22/h4-21H,1-3H3. The maximum absolute atomic E-state index is 14.9. The van der Waals surface area contributed by atoms with Gasteiger partial charge in [0.2, 0.25) is 0 Å². The van der Waals surface area contributed by atoms with Gasteiger partial charge in [0.1, 0.15) is 7.14 Å². The molecule has 0 bridgehead atoms. The van der Waals surface area contributed by atoms with Gasteiger partial charge in [0, 0.05) is 26.9 Å². The maximum Gasteiger partial charge on any atom is 0.193 e. The van der Waals surface area contributed by atoms with Gasteiger partial charge in [-0.05, 0) is 11.1 Å². The van der Waals surface area contributed by atoms with Crippen LogP contribution in [0.2, 0.25) is 0 Å². The summed E-state index contributed by atoms with van der Waals surface area (Å²) in [7, 11) is -3.04. The molecule has 0 radical (unpaired) electrons. The van der Waals surface area contributed by atoms with Gasteiger partial charge in [0.25, 0.3) is 0 Å². The van der Waals surface area contributed by atoms with Crippen molar-refractivity contribution in [3.05, 3.63) is 120 Å². The summed E-state index contributed by atoms with van der Waals surface area (Å²) in [5, 5.41) is 1.11. The molecule has 1 atom stereocenters. The van der Waals surface area contributed by atoms with E-state index in [-0.39, 0.29) is 5.78 Å². The first-order valence-electron chi connectivity index (χ1n) is 10.8. The van der Waals surface area contributed by atoms with Crippen LogP contribution in [0.1, 0.15) is 36.7 Å². The van der Waals surface area contributed by atoms with Crippen molar-refractivity contribution < 1.29 is 9.36 Å². The number of hydrogen-bond acceptors (Lipinski definition) is 2. The molecule has 0 saturated heterocycles. The zero-order valence-electron chi connectivity index (χ0n) is 18.7. The quantitative estimate of drug-likeness (QED) is 0.257. The molecule has 0 aliphatic heterocycles. The minimum absolute atomic E-state index is 0.0405. The Hall–Kier alpha value is -3.22. The van der Waals surface area contributed by atoms with Crippen LogP contribution in [0.25, 0.3) is 11.1 Å². The Morgan fingerprint density at radius 2 is 1.12 bits per heavy atom. The Morgan fingerprint density at radius 1 is 0.625 bits per heavy atom. The summed E-state index contributed by atoms with van der Waals surface area (Å²) in [5.74, 6) is -0.0405. The van der Waals surface area contributed by atoms with Crippen molar-refractivity contribution >= 4 is 23.5 Å². The second kappa shape index (κ2) is 8.73. The van der Waals surface area contributed by atoms with Crippen molar-refractivity contribution in [1.29, 1.82) is 0 Å². The summed E-state index contributed by atoms with van der Waals surface area (Å²) < 4.78 is 14.9. The Morgan fingerprint density at radius 3 is 1.75 bits per heavy atom. The molecular formula is C29H27O2P. The van der Waals surface area contributed by atoms with Crippen LogP contribution in [0.3, 0.4) is 0 Å². The molecule has 1 unspecified atom stereocenters. The zero-order chi connectivity index (χ0) is 22.8. The fourth-order valence-corrected chi connectivity index (χ4v) is 7.36. The Balaban J connectivity index is 1.97. The lowest BCUT2D eigenvalue weighted by molar-refractivity contribution is 0.103. The van der Waals surface area contributed by atoms with Crippen LogP contribution in [-0.2, 0) is 4.57 Å². The van der Waals surface area contributed by atoms with E-state index in [2.05, 4.69) is 0 Å². The molecule has 0 spiro atoms. The van der Waals surface area contributed by atoms with Crippen LogP contribution in [0, 0.1) is 0 Å². The highest BCUT2D eigenvalue weighted by Gasteiger charge is 2.41. The number of rotatable bonds is 5. The van der Waals surface area contributed by atoms with Crippen molar-refractivity contribution in [3.63, 3.8) is 0 Å². The molecule has 3 heteroatoms. The summed E-state index contributed by atoms with van der Waals surface area (Å²) >= 11 is 0. The maximum atomic E-state index is 14.9. The minimum atomic E-state index is -3.04. The molecular weight excluding hydrogens is 411 g/mol. The van der Waals surface area contributed by atoms with Crippen molar-refractivity contribution in [1.82, 2.24) is 0 Å². The summed E-state index contributed by atoms with van der Waals surface area (Å²) in [6, 6.07) is 34.4. The van der Waals surface area contributed by atoms with Gasteiger partial charge >= 0.3 is 0 Å². The molecule has 160 valence electrons. The van der Waals surface area contributed by atoms with Crippen LogP contribution in [0.15, 0.2) is 109 Å². The van der Waals surface area contributed by atoms with Crippen LogP contribution in [-0.4, -0.2) is 10.9 Å². The van der Waals surface area contributed by atoms with Crippen LogP contribution >= 0.6 is 7.14 Å². The van der Waals surface area contributed by atoms with E-state index in [1.807, 2.05) is 130 Å². The third-order valence-corrected chi connectivity index (χ3v) is 9.79. The van der Waals surface area contributed by atoms with Gasteiger partial charge < -0.3 is 4.57 Å².